The number of quaternary nitrogens is 1. The lowest BCUT2D eigenvalue weighted by molar-refractivity contribution is -0.927. The van der Waals surface area contributed by atoms with Crippen LogP contribution in [0.4, 0.5) is 0 Å². The molecule has 0 bridgehead atoms. The molecule has 1 unspecified atom stereocenters. The molecule has 21 heavy (non-hydrogen) atoms. The van der Waals surface area contributed by atoms with Crippen LogP contribution in [0.1, 0.15) is 24.1 Å². The fourth-order valence-corrected chi connectivity index (χ4v) is 3.34. The maximum Gasteiger partial charge on any atom is 0.265 e. The fourth-order valence-electron chi connectivity index (χ4n) is 3.34. The molecule has 0 spiro atoms. The monoisotopic (exact) mass is 295 g/mol. The molecule has 2 heterocycles. The van der Waals surface area contributed by atoms with Gasteiger partial charge in [-0.2, -0.15) is 0 Å². The Morgan fingerprint density at radius 2 is 2.29 bits per heavy atom. The summed E-state index contributed by atoms with van der Waals surface area (Å²) in [5.74, 6) is 1.81. The fraction of sp³-hybridized carbons (Fsp3) is 0.571. The predicted octanol–water partition coefficient (Wildman–Crippen LogP) is 0.201. The third kappa shape index (κ3) is 2.08. The molecular formula is C14H19N2O5+. The minimum absolute atomic E-state index is 0.159. The van der Waals surface area contributed by atoms with E-state index in [1.54, 1.807) is 14.0 Å². The number of fused-ring (bicyclic) bond motifs is 2. The van der Waals surface area contributed by atoms with Gasteiger partial charge in [-0.1, -0.05) is 0 Å². The predicted molar refractivity (Wildman–Crippen MR) is 73.8 cm³/mol. The molecule has 0 aliphatic carbocycles. The summed E-state index contributed by atoms with van der Waals surface area (Å²) in [6.45, 7) is 2.65. The van der Waals surface area contributed by atoms with Gasteiger partial charge in [0, 0.05) is 18.3 Å². The topological polar surface area (TPSA) is 75.3 Å². The Balaban J connectivity index is 2.18. The average Bonchev–Trinajstić information content (AvgIpc) is 2.92. The first kappa shape index (κ1) is 13.9. The van der Waals surface area contributed by atoms with Crippen LogP contribution in [-0.2, 0) is 6.42 Å². The second kappa shape index (κ2) is 5.07. The van der Waals surface area contributed by atoms with Crippen molar-refractivity contribution in [2.45, 2.75) is 25.4 Å². The molecule has 1 aromatic carbocycles. The average molecular weight is 295 g/mol. The molecule has 2 aliphatic rings. The Hall–Kier alpha value is -2.02. The Labute approximate surface area is 122 Å². The van der Waals surface area contributed by atoms with Gasteiger partial charge in [-0.25, -0.2) is 0 Å². The first-order valence-corrected chi connectivity index (χ1v) is 6.99. The molecule has 0 saturated carbocycles. The summed E-state index contributed by atoms with van der Waals surface area (Å²) < 4.78 is 16.4. The Kier molecular flexibility index (Phi) is 3.36. The van der Waals surface area contributed by atoms with Gasteiger partial charge in [-0.05, 0) is 11.6 Å². The first-order chi connectivity index (χ1) is 10.0. The molecular weight excluding hydrogens is 276 g/mol. The molecule has 1 aromatic rings. The minimum atomic E-state index is -0.696. The standard InChI is InChI=1S/C14H18N2O5/c1-8(16(17)18)12-11-9(4-5-15(12)2)6-10-13(14(11)19-3)21-7-20-10/h6,8,12H,4-5,7H2,1-3H3/p+1/t8-,12+/m0/s1. The maximum absolute atomic E-state index is 11.3. The second-order valence-corrected chi connectivity index (χ2v) is 5.57. The third-order valence-electron chi connectivity index (χ3n) is 4.39. The van der Waals surface area contributed by atoms with Crippen LogP contribution in [0.15, 0.2) is 6.07 Å². The summed E-state index contributed by atoms with van der Waals surface area (Å²) in [6, 6.07) is 0.985. The highest BCUT2D eigenvalue weighted by atomic mass is 16.7. The minimum Gasteiger partial charge on any atom is -0.492 e. The van der Waals surface area contributed by atoms with E-state index in [0.717, 1.165) is 29.0 Å². The van der Waals surface area contributed by atoms with E-state index in [1.165, 1.54) is 0 Å². The summed E-state index contributed by atoms with van der Waals surface area (Å²) in [6.07, 6.45) is 0.842. The SMILES string of the molecule is COc1c2c(cc3c1[C@@H]([C@H](C)[N+](=O)[O-])[NH+](C)CC3)OCO2. The number of hydrogen-bond donors (Lipinski definition) is 1. The number of likely N-dealkylation sites (N-methyl/N-ethyl adjacent to an activating group) is 1. The number of nitrogens with zero attached hydrogens (tertiary/aromatic N) is 1. The van der Waals surface area contributed by atoms with Gasteiger partial charge in [0.15, 0.2) is 17.5 Å². The normalized spacial score (nSPS) is 24.3. The van der Waals surface area contributed by atoms with Crippen molar-refractivity contribution >= 4 is 0 Å². The van der Waals surface area contributed by atoms with Crippen molar-refractivity contribution in [1.29, 1.82) is 0 Å². The first-order valence-electron chi connectivity index (χ1n) is 6.99. The molecule has 0 aromatic heterocycles. The molecule has 0 radical (unpaired) electrons. The molecule has 2 aliphatic heterocycles. The molecule has 3 rings (SSSR count). The third-order valence-corrected chi connectivity index (χ3v) is 4.39. The maximum atomic E-state index is 11.3. The summed E-state index contributed by atoms with van der Waals surface area (Å²) in [5.41, 5.74) is 1.94. The van der Waals surface area contributed by atoms with Crippen molar-refractivity contribution in [1.82, 2.24) is 0 Å². The number of hydrogen-bond acceptors (Lipinski definition) is 5. The van der Waals surface area contributed by atoms with Gasteiger partial charge >= 0.3 is 0 Å². The van der Waals surface area contributed by atoms with Crippen molar-refractivity contribution in [3.63, 3.8) is 0 Å². The van der Waals surface area contributed by atoms with Gasteiger partial charge in [0.2, 0.25) is 12.5 Å². The van der Waals surface area contributed by atoms with Crippen LogP contribution in [-0.4, -0.2) is 38.5 Å². The summed E-state index contributed by atoms with van der Waals surface area (Å²) in [5, 5.41) is 11.3. The highest BCUT2D eigenvalue weighted by molar-refractivity contribution is 5.61. The molecule has 1 N–H and O–H groups in total. The Bertz CT molecular complexity index is 589. The van der Waals surface area contributed by atoms with Crippen molar-refractivity contribution in [3.05, 3.63) is 27.3 Å². The number of methoxy groups -OCH3 is 1. The molecule has 7 heteroatoms. The quantitative estimate of drug-likeness (QED) is 0.637. The van der Waals surface area contributed by atoms with E-state index in [-0.39, 0.29) is 17.8 Å². The molecule has 0 saturated heterocycles. The van der Waals surface area contributed by atoms with Gasteiger partial charge in [0.05, 0.1) is 26.3 Å². The van der Waals surface area contributed by atoms with E-state index in [4.69, 9.17) is 14.2 Å². The van der Waals surface area contributed by atoms with Crippen LogP contribution < -0.4 is 19.1 Å². The van der Waals surface area contributed by atoms with Crippen LogP contribution >= 0.6 is 0 Å². The van der Waals surface area contributed by atoms with Crippen LogP contribution in [0.5, 0.6) is 17.2 Å². The lowest BCUT2D eigenvalue weighted by atomic mass is 9.88. The van der Waals surface area contributed by atoms with Crippen molar-refractivity contribution in [2.24, 2.45) is 0 Å². The van der Waals surface area contributed by atoms with E-state index >= 15 is 0 Å². The van der Waals surface area contributed by atoms with E-state index in [0.29, 0.717) is 17.2 Å². The van der Waals surface area contributed by atoms with Crippen molar-refractivity contribution in [3.8, 4) is 17.2 Å². The van der Waals surface area contributed by atoms with Gasteiger partial charge < -0.3 is 19.1 Å². The zero-order valence-electron chi connectivity index (χ0n) is 12.3. The molecule has 114 valence electrons. The van der Waals surface area contributed by atoms with E-state index in [2.05, 4.69) is 0 Å². The molecule has 0 fully saturated rings. The van der Waals surface area contributed by atoms with Gasteiger partial charge in [0.1, 0.15) is 0 Å². The summed E-state index contributed by atoms with van der Waals surface area (Å²) in [7, 11) is 3.55. The van der Waals surface area contributed by atoms with E-state index < -0.39 is 6.04 Å². The highest BCUT2D eigenvalue weighted by Gasteiger charge is 2.43. The van der Waals surface area contributed by atoms with Crippen LogP contribution in [0.25, 0.3) is 0 Å². The largest absolute Gasteiger partial charge is 0.492 e. The zero-order chi connectivity index (χ0) is 15.1. The van der Waals surface area contributed by atoms with Crippen molar-refractivity contribution < 1.29 is 24.0 Å². The van der Waals surface area contributed by atoms with Crippen molar-refractivity contribution in [2.75, 3.05) is 27.5 Å². The van der Waals surface area contributed by atoms with Crippen LogP contribution in [0.3, 0.4) is 0 Å². The van der Waals surface area contributed by atoms with Gasteiger partial charge in [-0.3, -0.25) is 10.1 Å². The van der Waals surface area contributed by atoms with E-state index in [9.17, 15) is 10.1 Å². The number of nitro groups is 1. The lowest BCUT2D eigenvalue weighted by Gasteiger charge is -2.33. The molecule has 3 atom stereocenters. The van der Waals surface area contributed by atoms with Crippen LogP contribution in [0.2, 0.25) is 0 Å². The Morgan fingerprint density at radius 1 is 1.52 bits per heavy atom. The summed E-state index contributed by atoms with van der Waals surface area (Å²) in [4.78, 5) is 12.2. The number of rotatable bonds is 3. The highest BCUT2D eigenvalue weighted by Crippen LogP contribution is 2.47. The second-order valence-electron chi connectivity index (χ2n) is 5.57. The zero-order valence-corrected chi connectivity index (χ0v) is 12.3. The smallest absolute Gasteiger partial charge is 0.265 e. The number of nitrogens with one attached hydrogen (secondary N) is 1. The van der Waals surface area contributed by atoms with Gasteiger partial charge in [0.25, 0.3) is 6.04 Å². The Morgan fingerprint density at radius 3 is 2.95 bits per heavy atom. The molecule has 7 nitrogen and oxygen atoms in total. The number of benzene rings is 1. The molecule has 0 amide bonds. The van der Waals surface area contributed by atoms with E-state index in [1.807, 2.05) is 13.1 Å². The lowest BCUT2D eigenvalue weighted by Crippen LogP contribution is -3.11. The summed E-state index contributed by atoms with van der Waals surface area (Å²) >= 11 is 0. The van der Waals surface area contributed by atoms with Crippen LogP contribution in [0, 0.1) is 10.1 Å². The van der Waals surface area contributed by atoms with Gasteiger partial charge in [-0.15, -0.1) is 0 Å². The number of ether oxygens (including phenoxy) is 3.